The molecule has 0 aromatic carbocycles. The first-order valence-electron chi connectivity index (χ1n) is 7.60. The number of carbonyl (C=O) groups excluding carboxylic acids is 2. The minimum atomic E-state index is -1.01. The second-order valence-electron chi connectivity index (χ2n) is 6.26. The van der Waals surface area contributed by atoms with Gasteiger partial charge in [-0.25, -0.2) is 0 Å². The topological polar surface area (TPSA) is 86.7 Å². The first-order chi connectivity index (χ1) is 9.79. The molecule has 1 aliphatic heterocycles. The number of rotatable bonds is 6. The fourth-order valence-electron chi connectivity index (χ4n) is 2.36. The highest BCUT2D eigenvalue weighted by molar-refractivity contribution is 5.88. The van der Waals surface area contributed by atoms with Crippen molar-refractivity contribution in [2.45, 2.75) is 58.9 Å². The van der Waals surface area contributed by atoms with E-state index in [1.807, 2.05) is 6.92 Å². The molecule has 1 saturated heterocycles. The molecule has 6 nitrogen and oxygen atoms in total. The molecule has 21 heavy (non-hydrogen) atoms. The Morgan fingerprint density at radius 1 is 1.29 bits per heavy atom. The van der Waals surface area contributed by atoms with E-state index in [0.717, 1.165) is 19.3 Å². The van der Waals surface area contributed by atoms with Crippen molar-refractivity contribution < 1.29 is 19.5 Å². The molecule has 1 fully saturated rings. The van der Waals surface area contributed by atoms with Crippen molar-refractivity contribution in [3.63, 3.8) is 0 Å². The second-order valence-corrected chi connectivity index (χ2v) is 6.26. The number of likely N-dealkylation sites (tertiary alicyclic amines) is 1. The van der Waals surface area contributed by atoms with E-state index in [0.29, 0.717) is 19.4 Å². The molecule has 0 aromatic heterocycles. The summed E-state index contributed by atoms with van der Waals surface area (Å²) < 4.78 is 0. The number of amides is 2. The van der Waals surface area contributed by atoms with Crippen LogP contribution in [0.1, 0.15) is 52.9 Å². The van der Waals surface area contributed by atoms with Crippen molar-refractivity contribution in [3.05, 3.63) is 0 Å². The van der Waals surface area contributed by atoms with Gasteiger partial charge in [0.2, 0.25) is 11.8 Å². The van der Waals surface area contributed by atoms with Gasteiger partial charge in [0.25, 0.3) is 0 Å². The number of hydrogen-bond donors (Lipinski definition) is 2. The fraction of sp³-hybridized carbons (Fsp3) is 0.800. The Bertz CT molecular complexity index is 406. The number of carboxylic acid groups (broad SMARTS) is 1. The maximum Gasteiger partial charge on any atom is 0.310 e. The van der Waals surface area contributed by atoms with Crippen LogP contribution in [0.4, 0.5) is 0 Å². The summed E-state index contributed by atoms with van der Waals surface area (Å²) in [5, 5.41) is 11.7. The highest BCUT2D eigenvalue weighted by atomic mass is 16.4. The van der Waals surface area contributed by atoms with Crippen molar-refractivity contribution in [3.8, 4) is 0 Å². The molecule has 2 N–H and O–H groups in total. The first-order valence-corrected chi connectivity index (χ1v) is 7.60. The van der Waals surface area contributed by atoms with E-state index in [2.05, 4.69) is 5.32 Å². The van der Waals surface area contributed by atoms with Crippen LogP contribution in [-0.4, -0.2) is 46.9 Å². The van der Waals surface area contributed by atoms with Gasteiger partial charge < -0.3 is 15.3 Å². The van der Waals surface area contributed by atoms with Crippen molar-refractivity contribution in [1.82, 2.24) is 10.2 Å². The van der Waals surface area contributed by atoms with E-state index in [1.165, 1.54) is 0 Å². The number of piperidine rings is 1. The highest BCUT2D eigenvalue weighted by Crippen LogP contribution is 2.19. The number of hydrogen-bond acceptors (Lipinski definition) is 3. The van der Waals surface area contributed by atoms with Crippen molar-refractivity contribution in [2.24, 2.45) is 5.41 Å². The summed E-state index contributed by atoms with van der Waals surface area (Å²) in [6.07, 6.45) is 3.69. The fourth-order valence-corrected chi connectivity index (χ4v) is 2.36. The average molecular weight is 298 g/mol. The van der Waals surface area contributed by atoms with Crippen molar-refractivity contribution in [1.29, 1.82) is 0 Å². The van der Waals surface area contributed by atoms with Crippen molar-refractivity contribution >= 4 is 17.8 Å². The molecular weight excluding hydrogens is 272 g/mol. The van der Waals surface area contributed by atoms with E-state index in [-0.39, 0.29) is 18.4 Å². The summed E-state index contributed by atoms with van der Waals surface area (Å²) in [6, 6.07) is -0.456. The van der Waals surface area contributed by atoms with Gasteiger partial charge in [0.1, 0.15) is 6.04 Å². The summed E-state index contributed by atoms with van der Waals surface area (Å²) in [6.45, 7) is 5.74. The van der Waals surface area contributed by atoms with Crippen LogP contribution in [-0.2, 0) is 14.4 Å². The molecule has 1 heterocycles. The Kier molecular flexibility index (Phi) is 6.18. The zero-order chi connectivity index (χ0) is 16.0. The highest BCUT2D eigenvalue weighted by Gasteiger charge is 2.33. The molecule has 1 unspecified atom stereocenters. The zero-order valence-corrected chi connectivity index (χ0v) is 13.1. The maximum absolute atomic E-state index is 12.3. The lowest BCUT2D eigenvalue weighted by molar-refractivity contribution is -0.148. The number of aliphatic carboxylic acids is 1. The third kappa shape index (κ3) is 4.72. The Morgan fingerprint density at radius 2 is 1.95 bits per heavy atom. The summed E-state index contributed by atoms with van der Waals surface area (Å²) in [5.74, 6) is -1.19. The molecule has 0 aliphatic carbocycles. The molecule has 120 valence electrons. The SMILES string of the molecule is CCCC(=O)N1CCCCC1C(=O)NCC(C)(C)C(=O)O. The van der Waals surface area contributed by atoms with Gasteiger partial charge in [0, 0.05) is 19.5 Å². The lowest BCUT2D eigenvalue weighted by atomic mass is 9.93. The number of carboxylic acids is 1. The Balaban J connectivity index is 2.65. The Morgan fingerprint density at radius 3 is 2.52 bits per heavy atom. The molecule has 0 saturated carbocycles. The van der Waals surface area contributed by atoms with Crippen LogP contribution in [0.25, 0.3) is 0 Å². The zero-order valence-electron chi connectivity index (χ0n) is 13.1. The summed E-state index contributed by atoms with van der Waals surface area (Å²) >= 11 is 0. The van der Waals surface area contributed by atoms with Gasteiger partial charge in [-0.1, -0.05) is 6.92 Å². The molecule has 6 heteroatoms. The standard InChI is InChI=1S/C15H26N2O4/c1-4-7-12(18)17-9-6-5-8-11(17)13(19)16-10-15(2,3)14(20)21/h11H,4-10H2,1-3H3,(H,16,19)(H,20,21). The van der Waals surface area contributed by atoms with Crippen LogP contribution >= 0.6 is 0 Å². The monoisotopic (exact) mass is 298 g/mol. The summed E-state index contributed by atoms with van der Waals surface area (Å²) in [5.41, 5.74) is -1.01. The predicted molar refractivity (Wildman–Crippen MR) is 78.7 cm³/mol. The van der Waals surface area contributed by atoms with Gasteiger partial charge in [-0.15, -0.1) is 0 Å². The largest absolute Gasteiger partial charge is 0.481 e. The third-order valence-electron chi connectivity index (χ3n) is 3.87. The lowest BCUT2D eigenvalue weighted by Crippen LogP contribution is -2.53. The molecule has 1 aliphatic rings. The molecule has 0 bridgehead atoms. The second kappa shape index (κ2) is 7.43. The minimum Gasteiger partial charge on any atom is -0.481 e. The van der Waals surface area contributed by atoms with Gasteiger partial charge in [-0.3, -0.25) is 14.4 Å². The third-order valence-corrected chi connectivity index (χ3v) is 3.87. The van der Waals surface area contributed by atoms with Gasteiger partial charge in [0.15, 0.2) is 0 Å². The van der Waals surface area contributed by atoms with Crippen LogP contribution in [0.5, 0.6) is 0 Å². The number of carbonyl (C=O) groups is 3. The normalized spacial score (nSPS) is 19.2. The molecule has 1 atom stereocenters. The number of nitrogens with one attached hydrogen (secondary N) is 1. The molecule has 0 aromatic rings. The van der Waals surface area contributed by atoms with E-state index in [1.54, 1.807) is 18.7 Å². The summed E-state index contributed by atoms with van der Waals surface area (Å²) in [7, 11) is 0. The van der Waals surface area contributed by atoms with Gasteiger partial charge in [0.05, 0.1) is 5.41 Å². The van der Waals surface area contributed by atoms with Crippen molar-refractivity contribution in [2.75, 3.05) is 13.1 Å². The van der Waals surface area contributed by atoms with Crippen LogP contribution in [0.15, 0.2) is 0 Å². The minimum absolute atomic E-state index is 0.00912. The van der Waals surface area contributed by atoms with E-state index in [4.69, 9.17) is 5.11 Å². The molecular formula is C15H26N2O4. The van der Waals surface area contributed by atoms with Gasteiger partial charge in [-0.2, -0.15) is 0 Å². The Labute approximate surface area is 125 Å². The quantitative estimate of drug-likeness (QED) is 0.776. The molecule has 0 radical (unpaired) electrons. The van der Waals surface area contributed by atoms with E-state index in [9.17, 15) is 14.4 Å². The Hall–Kier alpha value is -1.59. The first kappa shape index (κ1) is 17.5. The van der Waals surface area contributed by atoms with E-state index < -0.39 is 17.4 Å². The molecule has 1 rings (SSSR count). The smallest absolute Gasteiger partial charge is 0.310 e. The van der Waals surface area contributed by atoms with Crippen LogP contribution < -0.4 is 5.32 Å². The van der Waals surface area contributed by atoms with Gasteiger partial charge in [-0.05, 0) is 39.5 Å². The maximum atomic E-state index is 12.3. The van der Waals surface area contributed by atoms with Crippen LogP contribution in [0, 0.1) is 5.41 Å². The lowest BCUT2D eigenvalue weighted by Gasteiger charge is -2.35. The van der Waals surface area contributed by atoms with E-state index >= 15 is 0 Å². The van der Waals surface area contributed by atoms with Crippen LogP contribution in [0.3, 0.4) is 0 Å². The molecule has 0 spiro atoms. The average Bonchev–Trinajstić information content (AvgIpc) is 2.45. The summed E-state index contributed by atoms with van der Waals surface area (Å²) in [4.78, 5) is 37.1. The number of nitrogens with zero attached hydrogens (tertiary/aromatic N) is 1. The molecule has 2 amide bonds. The van der Waals surface area contributed by atoms with Crippen LogP contribution in [0.2, 0.25) is 0 Å². The predicted octanol–water partition coefficient (Wildman–Crippen LogP) is 1.39. The van der Waals surface area contributed by atoms with Gasteiger partial charge >= 0.3 is 5.97 Å².